The van der Waals surface area contributed by atoms with Gasteiger partial charge in [0.05, 0.1) is 11.3 Å². The minimum absolute atomic E-state index is 0.758. The second-order valence-corrected chi connectivity index (χ2v) is 22.5. The summed E-state index contributed by atoms with van der Waals surface area (Å²) in [4.78, 5) is 17.8. The highest BCUT2D eigenvalue weighted by atomic mass is 31.2. The summed E-state index contributed by atoms with van der Waals surface area (Å²) in [6.07, 6.45) is 13.7. The Morgan fingerprint density at radius 2 is 0.500 bits per heavy atom. The molecule has 58 heavy (non-hydrogen) atoms. The number of hydrogen-bond acceptors (Lipinski definition) is 4. The Labute approximate surface area is 348 Å². The average Bonchev–Trinajstić information content (AvgIpc) is 3.27. The fraction of sp³-hybridized carbons (Fsp3) is 0.269. The highest BCUT2D eigenvalue weighted by Gasteiger charge is 2.53. The van der Waals surface area contributed by atoms with Gasteiger partial charge in [0.15, 0.2) is 0 Å². The molecule has 0 spiro atoms. The Morgan fingerprint density at radius 1 is 0.345 bits per heavy atom. The van der Waals surface area contributed by atoms with Crippen molar-refractivity contribution in [3.8, 4) is 0 Å². The molecule has 6 aromatic rings. The lowest BCUT2D eigenvalue weighted by molar-refractivity contribution is -0.303. The predicted molar refractivity (Wildman–Crippen MR) is 245 cm³/mol. The largest absolute Gasteiger partial charge is 0.550 e. The molecule has 2 fully saturated rings. The molecule has 2 aliphatic carbocycles. The zero-order valence-electron chi connectivity index (χ0n) is 34.1. The fourth-order valence-corrected chi connectivity index (χ4v) is 19.5. The van der Waals surface area contributed by atoms with Crippen LogP contribution in [-0.2, 0) is 9.59 Å². The Hall–Kier alpha value is -4.88. The molecule has 0 atom stereocenters. The first kappa shape index (κ1) is 44.2. The van der Waals surface area contributed by atoms with Gasteiger partial charge in [-0.05, 0) is 138 Å². The van der Waals surface area contributed by atoms with Crippen molar-refractivity contribution in [1.82, 2.24) is 0 Å². The number of rotatable bonds is 8. The zero-order valence-corrected chi connectivity index (χ0v) is 35.9. The molecule has 2 saturated carbocycles. The van der Waals surface area contributed by atoms with Gasteiger partial charge in [0.25, 0.3) is 0 Å². The van der Waals surface area contributed by atoms with Crippen LogP contribution in [0.3, 0.4) is 0 Å². The summed E-state index contributed by atoms with van der Waals surface area (Å²) < 4.78 is 0. The molecule has 6 heteroatoms. The second-order valence-electron chi connectivity index (χ2n) is 15.0. The van der Waals surface area contributed by atoms with Crippen LogP contribution in [0.2, 0.25) is 0 Å². The van der Waals surface area contributed by atoms with Gasteiger partial charge < -0.3 is 19.8 Å². The Bertz CT molecular complexity index is 1700. The first-order valence-corrected chi connectivity index (χ1v) is 24.5. The minimum Gasteiger partial charge on any atom is -0.550 e. The molecule has 6 aromatic carbocycles. The van der Waals surface area contributed by atoms with E-state index in [0.717, 1.165) is 25.2 Å². The van der Waals surface area contributed by atoms with Crippen LogP contribution in [-0.4, -0.2) is 23.3 Å². The fourth-order valence-electron chi connectivity index (χ4n) is 9.07. The van der Waals surface area contributed by atoms with E-state index in [1.54, 1.807) is 31.8 Å². The lowest BCUT2D eigenvalue weighted by Crippen LogP contribution is -2.39. The molecule has 0 bridgehead atoms. The summed E-state index contributed by atoms with van der Waals surface area (Å²) in [5, 5.41) is 27.0. The van der Waals surface area contributed by atoms with Crippen LogP contribution in [0.5, 0.6) is 0 Å². The summed E-state index contributed by atoms with van der Waals surface area (Å²) in [6, 6.07) is 68.1. The van der Waals surface area contributed by atoms with Gasteiger partial charge in [-0.1, -0.05) is 122 Å². The molecule has 0 saturated heterocycles. The van der Waals surface area contributed by atoms with Crippen LogP contribution in [0, 0.1) is 0 Å². The first-order chi connectivity index (χ1) is 28.3. The molecule has 0 amide bonds. The molecular weight excluding hydrogens is 751 g/mol. The van der Waals surface area contributed by atoms with Crippen molar-refractivity contribution < 1.29 is 19.8 Å². The Kier molecular flexibility index (Phi) is 17.5. The van der Waals surface area contributed by atoms with E-state index in [2.05, 4.69) is 182 Å². The Balaban J connectivity index is 0.000000187. The van der Waals surface area contributed by atoms with Crippen molar-refractivity contribution >= 4 is 58.3 Å². The van der Waals surface area contributed by atoms with Gasteiger partial charge in [0, 0.05) is 11.9 Å². The number of carboxylic acid groups (broad SMARTS) is 2. The monoisotopic (exact) mass is 808 g/mol. The third-order valence-electron chi connectivity index (χ3n) is 11.2. The van der Waals surface area contributed by atoms with Gasteiger partial charge in [-0.2, -0.15) is 0 Å². The van der Waals surface area contributed by atoms with Crippen LogP contribution >= 0.6 is 14.5 Å². The molecule has 8 rings (SSSR count). The predicted octanol–water partition coefficient (Wildman–Crippen LogP) is 8.14. The molecule has 0 heterocycles. The van der Waals surface area contributed by atoms with Gasteiger partial charge in [-0.3, -0.25) is 0 Å². The van der Waals surface area contributed by atoms with Crippen molar-refractivity contribution in [2.45, 2.75) is 89.4 Å². The van der Waals surface area contributed by atoms with Crippen molar-refractivity contribution in [1.29, 1.82) is 0 Å². The van der Waals surface area contributed by atoms with Crippen LogP contribution in [0.1, 0.15) is 78.1 Å². The van der Waals surface area contributed by atoms with Crippen LogP contribution in [0.15, 0.2) is 182 Å². The molecular formula is C52H58O4P2. The van der Waals surface area contributed by atoms with Crippen molar-refractivity contribution in [3.05, 3.63) is 182 Å². The SMILES string of the molecule is CC(=O)[O-].CC(=O)[O-].c1ccc([P+](c2ccccc2)(c2ccccc2)C2CCCCC2)cc1.c1ccc([P+](c2ccccc2)(c2ccccc2)C2CCCCC2)cc1. The van der Waals surface area contributed by atoms with Gasteiger partial charge in [-0.25, -0.2) is 0 Å². The van der Waals surface area contributed by atoms with Crippen LogP contribution in [0.4, 0.5) is 0 Å². The van der Waals surface area contributed by atoms with E-state index in [0.29, 0.717) is 0 Å². The van der Waals surface area contributed by atoms with E-state index in [1.165, 1.54) is 64.2 Å². The lowest BCUT2D eigenvalue weighted by Gasteiger charge is -2.36. The smallest absolute Gasteiger partial charge is 0.115 e. The number of aliphatic carboxylic acids is 2. The van der Waals surface area contributed by atoms with Crippen molar-refractivity contribution in [3.63, 3.8) is 0 Å². The topological polar surface area (TPSA) is 80.3 Å². The molecule has 0 N–H and O–H groups in total. The average molecular weight is 809 g/mol. The summed E-state index contributed by atoms with van der Waals surface area (Å²) in [7, 11) is -3.26. The molecule has 0 radical (unpaired) electrons. The van der Waals surface area contributed by atoms with E-state index in [9.17, 15) is 0 Å². The highest BCUT2D eigenvalue weighted by molar-refractivity contribution is 7.96. The van der Waals surface area contributed by atoms with E-state index in [-0.39, 0.29) is 0 Å². The van der Waals surface area contributed by atoms with E-state index >= 15 is 0 Å². The number of benzene rings is 6. The molecule has 0 unspecified atom stereocenters. The third kappa shape index (κ3) is 11.2. The van der Waals surface area contributed by atoms with Gasteiger partial charge >= 0.3 is 0 Å². The molecule has 2 aliphatic rings. The Morgan fingerprint density at radius 3 is 0.655 bits per heavy atom. The van der Waals surface area contributed by atoms with Crippen molar-refractivity contribution in [2.75, 3.05) is 0 Å². The van der Waals surface area contributed by atoms with Gasteiger partial charge in [0.2, 0.25) is 0 Å². The molecule has 300 valence electrons. The number of carbonyl (C=O) groups is 2. The number of hydrogen-bond donors (Lipinski definition) is 0. The lowest BCUT2D eigenvalue weighted by atomic mass is 10.0. The van der Waals surface area contributed by atoms with Crippen LogP contribution in [0.25, 0.3) is 0 Å². The first-order valence-electron chi connectivity index (χ1n) is 20.8. The third-order valence-corrected chi connectivity index (χ3v) is 21.1. The maximum absolute atomic E-state index is 8.89. The number of carbonyl (C=O) groups excluding carboxylic acids is 2. The molecule has 4 nitrogen and oxygen atoms in total. The zero-order chi connectivity index (χ0) is 41.1. The van der Waals surface area contributed by atoms with E-state index in [1.807, 2.05) is 0 Å². The minimum atomic E-state index is -1.63. The summed E-state index contributed by atoms with van der Waals surface area (Å²) in [6.45, 7) is 1.94. The van der Waals surface area contributed by atoms with Crippen molar-refractivity contribution in [2.24, 2.45) is 0 Å². The van der Waals surface area contributed by atoms with Crippen LogP contribution < -0.4 is 42.0 Å². The van der Waals surface area contributed by atoms with Gasteiger partial charge in [0.1, 0.15) is 46.4 Å². The summed E-state index contributed by atoms with van der Waals surface area (Å²) in [5.41, 5.74) is 1.52. The highest BCUT2D eigenvalue weighted by Crippen LogP contribution is 2.64. The molecule has 0 aliphatic heterocycles. The standard InChI is InChI=1S/2C24H26P.2C2H4O2/c2*1-5-13-21(14-6-1)25(22-15-7-2-8-16-22,23-17-9-3-10-18-23)24-19-11-4-12-20-24;2*1-2(3)4/h2*1-3,5-10,13-18,24H,4,11-12,19-20H2;2*1H3,(H,3,4)/q2*+1;;/p-2. The second kappa shape index (κ2) is 22.9. The normalized spacial score (nSPS) is 14.5. The summed E-state index contributed by atoms with van der Waals surface area (Å²) >= 11 is 0. The number of carboxylic acids is 2. The molecule has 0 aromatic heterocycles. The maximum atomic E-state index is 8.89. The van der Waals surface area contributed by atoms with E-state index < -0.39 is 26.5 Å². The summed E-state index contributed by atoms with van der Waals surface area (Å²) in [5.74, 6) is -2.17. The maximum Gasteiger partial charge on any atom is 0.115 e. The van der Waals surface area contributed by atoms with E-state index in [4.69, 9.17) is 19.8 Å². The van der Waals surface area contributed by atoms with Gasteiger partial charge in [-0.15, -0.1) is 0 Å². The quantitative estimate of drug-likeness (QED) is 0.146.